The van der Waals surface area contributed by atoms with Gasteiger partial charge < -0.3 is 15.6 Å². The Kier molecular flexibility index (Phi) is 3.52. The average Bonchev–Trinajstić information content (AvgIpc) is 2.80. The van der Waals surface area contributed by atoms with E-state index in [4.69, 9.17) is 17.3 Å². The summed E-state index contributed by atoms with van der Waals surface area (Å²) in [6, 6.07) is 0.462. The normalized spacial score (nSPS) is 20.2. The van der Waals surface area contributed by atoms with E-state index in [0.717, 1.165) is 23.3 Å². The van der Waals surface area contributed by atoms with E-state index in [2.05, 4.69) is 35.6 Å². The molecule has 0 saturated carbocycles. The highest BCUT2D eigenvalue weighted by Gasteiger charge is 2.34. The fraction of sp³-hybridized carbons (Fsp3) is 0.562. The Labute approximate surface area is 130 Å². The van der Waals surface area contributed by atoms with Crippen molar-refractivity contribution in [3.05, 3.63) is 17.4 Å². The molecule has 21 heavy (non-hydrogen) atoms. The summed E-state index contributed by atoms with van der Waals surface area (Å²) in [5.74, 6) is 0. The van der Waals surface area contributed by atoms with E-state index in [0.29, 0.717) is 16.8 Å². The smallest absolute Gasteiger partial charge is 0.141 e. The Morgan fingerprint density at radius 3 is 2.86 bits per heavy atom. The van der Waals surface area contributed by atoms with E-state index in [1.54, 1.807) is 12.4 Å². The Hall–Kier alpha value is -1.42. The molecule has 0 aliphatic carbocycles. The third kappa shape index (κ3) is 2.46. The van der Waals surface area contributed by atoms with Crippen LogP contribution in [0.15, 0.2) is 12.4 Å². The Morgan fingerprint density at radius 1 is 1.38 bits per heavy atom. The van der Waals surface area contributed by atoms with Gasteiger partial charge in [0.2, 0.25) is 0 Å². The molecule has 0 bridgehead atoms. The van der Waals surface area contributed by atoms with Crippen LogP contribution in [0.4, 0.5) is 11.4 Å². The number of anilines is 2. The van der Waals surface area contributed by atoms with Crippen molar-refractivity contribution < 1.29 is 0 Å². The molecule has 114 valence electrons. The Balaban J connectivity index is 2.17. The molecule has 0 unspecified atom stereocenters. The van der Waals surface area contributed by atoms with Gasteiger partial charge in [0.1, 0.15) is 5.65 Å². The van der Waals surface area contributed by atoms with Gasteiger partial charge in [0.25, 0.3) is 0 Å². The lowest BCUT2D eigenvalue weighted by molar-refractivity contribution is 0.262. The molecule has 2 aromatic heterocycles. The molecule has 1 atom stereocenters. The first-order chi connectivity index (χ1) is 9.89. The molecule has 1 aliphatic heterocycles. The van der Waals surface area contributed by atoms with Gasteiger partial charge in [-0.25, -0.2) is 4.98 Å². The number of hydrogen-bond donors (Lipinski definition) is 2. The van der Waals surface area contributed by atoms with Gasteiger partial charge in [-0.3, -0.25) is 0 Å². The number of fused-ring (bicyclic) bond motifs is 1. The summed E-state index contributed by atoms with van der Waals surface area (Å²) in [6.07, 6.45) is 7.18. The van der Waals surface area contributed by atoms with Gasteiger partial charge >= 0.3 is 0 Å². The van der Waals surface area contributed by atoms with Crippen molar-refractivity contribution in [1.29, 1.82) is 0 Å². The molecule has 4 nitrogen and oxygen atoms in total. The second kappa shape index (κ2) is 5.09. The number of nitrogens with two attached hydrogens (primary N) is 1. The van der Waals surface area contributed by atoms with Crippen LogP contribution in [0.1, 0.15) is 40.0 Å². The lowest BCUT2D eigenvalue weighted by Gasteiger charge is -2.45. The van der Waals surface area contributed by atoms with E-state index in [1.807, 2.05) is 0 Å². The first kappa shape index (κ1) is 14.5. The third-order valence-electron chi connectivity index (χ3n) is 4.45. The van der Waals surface area contributed by atoms with E-state index in [-0.39, 0.29) is 5.41 Å². The first-order valence-corrected chi connectivity index (χ1v) is 7.95. The molecule has 5 heteroatoms. The van der Waals surface area contributed by atoms with Gasteiger partial charge in [0, 0.05) is 18.8 Å². The summed E-state index contributed by atoms with van der Waals surface area (Å²) in [5.41, 5.74) is 8.92. The van der Waals surface area contributed by atoms with Crippen molar-refractivity contribution in [2.75, 3.05) is 17.2 Å². The van der Waals surface area contributed by atoms with Crippen LogP contribution >= 0.6 is 11.6 Å². The first-order valence-electron chi connectivity index (χ1n) is 7.57. The molecule has 0 radical (unpaired) electrons. The minimum atomic E-state index is 0.199. The van der Waals surface area contributed by atoms with E-state index >= 15 is 0 Å². The zero-order valence-corrected chi connectivity index (χ0v) is 13.7. The van der Waals surface area contributed by atoms with Crippen LogP contribution in [0.3, 0.4) is 0 Å². The number of aromatic nitrogens is 2. The van der Waals surface area contributed by atoms with Crippen molar-refractivity contribution >= 4 is 34.0 Å². The van der Waals surface area contributed by atoms with Crippen LogP contribution in [0, 0.1) is 5.41 Å². The van der Waals surface area contributed by atoms with Gasteiger partial charge in [-0.05, 0) is 24.7 Å². The van der Waals surface area contributed by atoms with Crippen LogP contribution in [0.25, 0.3) is 11.0 Å². The second-order valence-corrected chi connectivity index (χ2v) is 7.40. The monoisotopic (exact) mass is 306 g/mol. The van der Waals surface area contributed by atoms with Crippen LogP contribution in [-0.4, -0.2) is 22.6 Å². The summed E-state index contributed by atoms with van der Waals surface area (Å²) in [6.45, 7) is 7.90. The maximum Gasteiger partial charge on any atom is 0.141 e. The summed E-state index contributed by atoms with van der Waals surface area (Å²) in [4.78, 5) is 9.92. The zero-order valence-electron chi connectivity index (χ0n) is 12.9. The summed E-state index contributed by atoms with van der Waals surface area (Å²) in [5, 5.41) is 1.64. The molecule has 0 amide bonds. The average molecular weight is 307 g/mol. The highest BCUT2D eigenvalue weighted by atomic mass is 35.5. The van der Waals surface area contributed by atoms with Gasteiger partial charge in [0.05, 0.1) is 28.0 Å². The highest BCUT2D eigenvalue weighted by molar-refractivity contribution is 6.35. The van der Waals surface area contributed by atoms with Gasteiger partial charge in [-0.2, -0.15) is 0 Å². The van der Waals surface area contributed by atoms with Crippen molar-refractivity contribution in [2.45, 2.75) is 46.1 Å². The lowest BCUT2D eigenvalue weighted by atomic mass is 9.80. The minimum absolute atomic E-state index is 0.199. The molecule has 1 fully saturated rings. The topological polar surface area (TPSA) is 57.9 Å². The second-order valence-electron chi connectivity index (χ2n) is 6.99. The van der Waals surface area contributed by atoms with Crippen LogP contribution in [-0.2, 0) is 0 Å². The molecule has 3 rings (SSSR count). The fourth-order valence-electron chi connectivity index (χ4n) is 3.46. The predicted octanol–water partition coefficient (Wildman–Crippen LogP) is 4.20. The van der Waals surface area contributed by atoms with E-state index in [1.165, 1.54) is 19.3 Å². The molecule has 0 aromatic carbocycles. The molecule has 2 aromatic rings. The van der Waals surface area contributed by atoms with Gasteiger partial charge in [0.15, 0.2) is 0 Å². The minimum Gasteiger partial charge on any atom is -0.397 e. The number of halogens is 1. The predicted molar refractivity (Wildman–Crippen MR) is 90.0 cm³/mol. The molecule has 0 spiro atoms. The number of nitrogens with one attached hydrogen (secondary N) is 1. The largest absolute Gasteiger partial charge is 0.397 e. The Bertz CT molecular complexity index is 656. The van der Waals surface area contributed by atoms with Gasteiger partial charge in [-0.15, -0.1) is 0 Å². The summed E-state index contributed by atoms with van der Waals surface area (Å²) in [7, 11) is 0. The van der Waals surface area contributed by atoms with E-state index in [9.17, 15) is 0 Å². The maximum absolute atomic E-state index is 6.51. The number of nitrogen functional groups attached to an aromatic ring is 1. The van der Waals surface area contributed by atoms with Crippen LogP contribution < -0.4 is 10.6 Å². The Morgan fingerprint density at radius 2 is 2.14 bits per heavy atom. The molecule has 1 saturated heterocycles. The van der Waals surface area contributed by atoms with Crippen molar-refractivity contribution in [3.8, 4) is 0 Å². The fourth-order valence-corrected chi connectivity index (χ4v) is 3.71. The maximum atomic E-state index is 6.51. The summed E-state index contributed by atoms with van der Waals surface area (Å²) >= 11 is 6.51. The molecular weight excluding hydrogens is 284 g/mol. The third-order valence-corrected chi connectivity index (χ3v) is 4.73. The number of nitrogens with zero attached hydrogens (tertiary/aromatic N) is 2. The number of H-pyrrole nitrogens is 1. The van der Waals surface area contributed by atoms with E-state index < -0.39 is 0 Å². The molecule has 3 heterocycles. The molecular formula is C16H23ClN4. The molecule has 3 N–H and O–H groups in total. The lowest BCUT2D eigenvalue weighted by Crippen LogP contribution is -2.47. The SMILES string of the molecule is CC(C)(C)[C@H]1CCCCN1c1c(Cl)cnc2[nH]cc(N)c12. The van der Waals surface area contributed by atoms with Crippen molar-refractivity contribution in [3.63, 3.8) is 0 Å². The van der Waals surface area contributed by atoms with Crippen molar-refractivity contribution in [1.82, 2.24) is 9.97 Å². The standard InChI is InChI=1S/C16H23ClN4/c1-16(2,3)12-6-4-5-7-21(12)14-10(17)8-19-15-13(14)11(18)9-20-15/h8-9,12H,4-7,18H2,1-3H3,(H,19,20)/t12-/m1/s1. The van der Waals surface area contributed by atoms with Crippen molar-refractivity contribution in [2.24, 2.45) is 5.41 Å². The number of pyridine rings is 1. The quantitative estimate of drug-likeness (QED) is 0.830. The van der Waals surface area contributed by atoms with Gasteiger partial charge in [-0.1, -0.05) is 32.4 Å². The number of hydrogen-bond acceptors (Lipinski definition) is 3. The number of aromatic amines is 1. The highest BCUT2D eigenvalue weighted by Crippen LogP contribution is 2.42. The van der Waals surface area contributed by atoms with Crippen LogP contribution in [0.2, 0.25) is 5.02 Å². The zero-order chi connectivity index (χ0) is 15.2. The number of piperidine rings is 1. The molecule has 1 aliphatic rings. The summed E-state index contributed by atoms with van der Waals surface area (Å²) < 4.78 is 0. The number of rotatable bonds is 1. The van der Waals surface area contributed by atoms with Crippen LogP contribution in [0.5, 0.6) is 0 Å².